The number of benzene rings is 1. The first-order valence-electron chi connectivity index (χ1n) is 7.64. The van der Waals surface area contributed by atoms with Crippen LogP contribution in [0.2, 0.25) is 0 Å². The number of rotatable bonds is 5. The average Bonchev–Trinajstić information content (AvgIpc) is 3.38. The molecule has 1 aliphatic carbocycles. The highest BCUT2D eigenvalue weighted by atomic mass is 16.6. The zero-order valence-electron chi connectivity index (χ0n) is 12.8. The van der Waals surface area contributed by atoms with E-state index in [-0.39, 0.29) is 37.1 Å². The number of carbonyl (C=O) groups is 2. The van der Waals surface area contributed by atoms with Gasteiger partial charge in [0.05, 0.1) is 18.1 Å². The van der Waals surface area contributed by atoms with E-state index >= 15 is 0 Å². The van der Waals surface area contributed by atoms with Crippen LogP contribution in [0.4, 0.5) is 11.4 Å². The Labute approximate surface area is 137 Å². The van der Waals surface area contributed by atoms with Crippen LogP contribution >= 0.6 is 0 Å². The number of nitro groups is 1. The number of nitrogens with zero attached hydrogens (tertiary/aromatic N) is 2. The number of carbonyl (C=O) groups excluding carboxylic acids is 1. The molecule has 9 nitrogen and oxygen atoms in total. The number of nitro benzene ring substituents is 1. The highest BCUT2D eigenvalue weighted by Gasteiger charge is 2.34. The predicted molar refractivity (Wildman–Crippen MR) is 83.0 cm³/mol. The van der Waals surface area contributed by atoms with Crippen molar-refractivity contribution in [3.8, 4) is 0 Å². The summed E-state index contributed by atoms with van der Waals surface area (Å²) in [6.45, 7) is 0.273. The van der Waals surface area contributed by atoms with Crippen molar-refractivity contribution in [3.05, 3.63) is 33.9 Å². The fourth-order valence-electron chi connectivity index (χ4n) is 2.60. The van der Waals surface area contributed by atoms with Gasteiger partial charge in [0, 0.05) is 24.2 Å². The largest absolute Gasteiger partial charge is 0.480 e. The Hall–Kier alpha value is -2.68. The first-order valence-corrected chi connectivity index (χ1v) is 7.64. The molecule has 1 saturated heterocycles. The van der Waals surface area contributed by atoms with Gasteiger partial charge < -0.3 is 20.1 Å². The van der Waals surface area contributed by atoms with Crippen molar-refractivity contribution in [3.63, 3.8) is 0 Å². The number of carboxylic acid groups (broad SMARTS) is 1. The van der Waals surface area contributed by atoms with Gasteiger partial charge in [0.15, 0.2) is 6.04 Å². The highest BCUT2D eigenvalue weighted by molar-refractivity contribution is 5.98. The third-order valence-electron chi connectivity index (χ3n) is 4.05. The standard InChI is InChI=1S/C15H17N3O6/c19-14(17-5-6-24-8-13(17)15(20)21)9-1-4-11(16-10-2-3-10)12(7-9)18(22)23/h1,4,7,10,13,16H,2-3,5-6,8H2,(H,20,21). The Morgan fingerprint density at radius 1 is 1.38 bits per heavy atom. The summed E-state index contributed by atoms with van der Waals surface area (Å²) in [7, 11) is 0. The molecule has 0 radical (unpaired) electrons. The Bertz CT molecular complexity index is 688. The second kappa shape index (κ2) is 6.44. The zero-order chi connectivity index (χ0) is 17.3. The molecule has 1 heterocycles. The van der Waals surface area contributed by atoms with Crippen LogP contribution < -0.4 is 5.32 Å². The summed E-state index contributed by atoms with van der Waals surface area (Å²) in [4.78, 5) is 35.8. The van der Waals surface area contributed by atoms with Crippen LogP contribution in [0.3, 0.4) is 0 Å². The van der Waals surface area contributed by atoms with Gasteiger partial charge in [-0.1, -0.05) is 0 Å². The van der Waals surface area contributed by atoms with Crippen molar-refractivity contribution in [1.82, 2.24) is 4.90 Å². The number of hydrogen-bond donors (Lipinski definition) is 2. The predicted octanol–water partition coefficient (Wildman–Crippen LogP) is 1.09. The van der Waals surface area contributed by atoms with Crippen LogP contribution in [0.25, 0.3) is 0 Å². The summed E-state index contributed by atoms with van der Waals surface area (Å²) >= 11 is 0. The van der Waals surface area contributed by atoms with Crippen LogP contribution in [0.5, 0.6) is 0 Å². The van der Waals surface area contributed by atoms with Crippen molar-refractivity contribution in [2.45, 2.75) is 24.9 Å². The second-order valence-corrected chi connectivity index (χ2v) is 5.84. The molecule has 0 aromatic heterocycles. The smallest absolute Gasteiger partial charge is 0.328 e. The fraction of sp³-hybridized carbons (Fsp3) is 0.467. The van der Waals surface area contributed by atoms with E-state index in [2.05, 4.69) is 5.32 Å². The van der Waals surface area contributed by atoms with Crippen LogP contribution in [0.15, 0.2) is 18.2 Å². The Balaban J connectivity index is 1.87. The molecule has 1 atom stereocenters. The van der Waals surface area contributed by atoms with Crippen molar-refractivity contribution in [1.29, 1.82) is 0 Å². The normalized spacial score (nSPS) is 20.5. The molecule has 1 amide bonds. The van der Waals surface area contributed by atoms with Crippen molar-refractivity contribution >= 4 is 23.3 Å². The van der Waals surface area contributed by atoms with E-state index < -0.39 is 22.8 Å². The first kappa shape index (κ1) is 16.2. The third-order valence-corrected chi connectivity index (χ3v) is 4.05. The maximum Gasteiger partial charge on any atom is 0.328 e. The monoisotopic (exact) mass is 335 g/mol. The average molecular weight is 335 g/mol. The second-order valence-electron chi connectivity index (χ2n) is 5.84. The van der Waals surface area contributed by atoms with Gasteiger partial charge in [0.25, 0.3) is 11.6 Å². The van der Waals surface area contributed by atoms with Crippen LogP contribution in [0, 0.1) is 10.1 Å². The highest BCUT2D eigenvalue weighted by Crippen LogP contribution is 2.32. The fourth-order valence-corrected chi connectivity index (χ4v) is 2.60. The molecule has 0 spiro atoms. The lowest BCUT2D eigenvalue weighted by Crippen LogP contribution is -2.52. The van der Waals surface area contributed by atoms with Gasteiger partial charge in [-0.25, -0.2) is 4.79 Å². The summed E-state index contributed by atoms with van der Waals surface area (Å²) in [5, 5.41) is 23.5. The van der Waals surface area contributed by atoms with Crippen LogP contribution in [-0.4, -0.2) is 58.6 Å². The lowest BCUT2D eigenvalue weighted by atomic mass is 10.1. The van der Waals surface area contributed by atoms with E-state index in [0.717, 1.165) is 12.8 Å². The van der Waals surface area contributed by atoms with Gasteiger partial charge >= 0.3 is 5.97 Å². The topological polar surface area (TPSA) is 122 Å². The Kier molecular flexibility index (Phi) is 4.34. The molecule has 3 rings (SSSR count). The van der Waals surface area contributed by atoms with E-state index in [9.17, 15) is 24.8 Å². The quantitative estimate of drug-likeness (QED) is 0.610. The van der Waals surface area contributed by atoms with Crippen molar-refractivity contribution < 1.29 is 24.4 Å². The van der Waals surface area contributed by atoms with Crippen LogP contribution in [0.1, 0.15) is 23.2 Å². The molecule has 128 valence electrons. The molecule has 1 saturated carbocycles. The molecule has 2 fully saturated rings. The molecule has 1 unspecified atom stereocenters. The number of nitrogens with one attached hydrogen (secondary N) is 1. The molecule has 1 aromatic carbocycles. The Morgan fingerprint density at radius 2 is 2.12 bits per heavy atom. The number of amides is 1. The zero-order valence-corrected chi connectivity index (χ0v) is 12.8. The van der Waals surface area contributed by atoms with E-state index in [1.54, 1.807) is 0 Å². The van der Waals surface area contributed by atoms with Gasteiger partial charge in [-0.05, 0) is 25.0 Å². The summed E-state index contributed by atoms with van der Waals surface area (Å²) < 4.78 is 5.10. The van der Waals surface area contributed by atoms with Gasteiger partial charge in [0.1, 0.15) is 5.69 Å². The Morgan fingerprint density at radius 3 is 2.75 bits per heavy atom. The van der Waals surface area contributed by atoms with Gasteiger partial charge in [0.2, 0.25) is 0 Å². The molecule has 1 aromatic rings. The molecule has 2 N–H and O–H groups in total. The van der Waals surface area contributed by atoms with E-state index in [0.29, 0.717) is 5.69 Å². The number of anilines is 1. The van der Waals surface area contributed by atoms with Gasteiger partial charge in [-0.3, -0.25) is 14.9 Å². The van der Waals surface area contributed by atoms with E-state index in [4.69, 9.17) is 4.74 Å². The minimum absolute atomic E-state index is 0.0928. The molecule has 2 aliphatic rings. The van der Waals surface area contributed by atoms with Crippen molar-refractivity contribution in [2.24, 2.45) is 0 Å². The maximum atomic E-state index is 12.6. The van der Waals surface area contributed by atoms with Gasteiger partial charge in [-0.2, -0.15) is 0 Å². The summed E-state index contributed by atoms with van der Waals surface area (Å²) in [5.74, 6) is -1.71. The van der Waals surface area contributed by atoms with Crippen molar-refractivity contribution in [2.75, 3.05) is 25.1 Å². The lowest BCUT2D eigenvalue weighted by molar-refractivity contribution is -0.384. The number of aliphatic carboxylic acids is 1. The number of carboxylic acids is 1. The molecular weight excluding hydrogens is 318 g/mol. The van der Waals surface area contributed by atoms with Crippen LogP contribution in [-0.2, 0) is 9.53 Å². The molecule has 0 bridgehead atoms. The maximum absolute atomic E-state index is 12.6. The summed E-state index contributed by atoms with van der Waals surface area (Å²) in [6, 6.07) is 3.32. The number of hydrogen-bond acceptors (Lipinski definition) is 6. The van der Waals surface area contributed by atoms with Gasteiger partial charge in [-0.15, -0.1) is 0 Å². The summed E-state index contributed by atoms with van der Waals surface area (Å²) in [5.41, 5.74) is 0.278. The minimum atomic E-state index is -1.16. The number of morpholine rings is 1. The molecular formula is C15H17N3O6. The third kappa shape index (κ3) is 3.30. The van der Waals surface area contributed by atoms with E-state index in [1.807, 2.05) is 0 Å². The molecule has 9 heteroatoms. The molecule has 1 aliphatic heterocycles. The minimum Gasteiger partial charge on any atom is -0.480 e. The number of ether oxygens (including phenoxy) is 1. The van der Waals surface area contributed by atoms with E-state index in [1.165, 1.54) is 23.1 Å². The lowest BCUT2D eigenvalue weighted by Gasteiger charge is -2.32. The first-order chi connectivity index (χ1) is 11.5. The molecule has 24 heavy (non-hydrogen) atoms. The summed E-state index contributed by atoms with van der Waals surface area (Å²) in [6.07, 6.45) is 1.93. The SMILES string of the molecule is O=C(O)C1COCCN1C(=O)c1ccc(NC2CC2)c([N+](=O)[O-])c1.